The van der Waals surface area contributed by atoms with Crippen LogP contribution in [0, 0.1) is 0 Å². The number of hydrogen-bond acceptors (Lipinski definition) is 4. The standard InChI is InChI=1S/C16H16N4O2/c21-16(8-13-11-4-1-2-7-15(11)22-20-13)17-9-14-10-5-3-6-12(10)18-19-14/h1-2,4,7H,3,5-6,8-9H2,(H,17,21)(H,18,19). The zero-order chi connectivity index (χ0) is 14.9. The Hall–Kier alpha value is -2.63. The normalized spacial score (nSPS) is 13.5. The lowest BCUT2D eigenvalue weighted by atomic mass is 10.1. The molecular weight excluding hydrogens is 280 g/mol. The molecule has 1 aromatic carbocycles. The number of hydrogen-bond donors (Lipinski definition) is 2. The number of rotatable bonds is 4. The van der Waals surface area contributed by atoms with Gasteiger partial charge in [-0.25, -0.2) is 0 Å². The van der Waals surface area contributed by atoms with Crippen LogP contribution < -0.4 is 5.32 Å². The van der Waals surface area contributed by atoms with Crippen molar-refractivity contribution >= 4 is 16.9 Å². The average molecular weight is 296 g/mol. The highest BCUT2D eigenvalue weighted by atomic mass is 16.5. The molecule has 6 heteroatoms. The van der Waals surface area contributed by atoms with Crippen LogP contribution in [0.3, 0.4) is 0 Å². The molecule has 0 aliphatic heterocycles. The molecule has 0 radical (unpaired) electrons. The number of aromatic nitrogens is 3. The van der Waals surface area contributed by atoms with Gasteiger partial charge in [-0.2, -0.15) is 5.10 Å². The van der Waals surface area contributed by atoms with Gasteiger partial charge in [0.25, 0.3) is 0 Å². The molecule has 6 nitrogen and oxygen atoms in total. The topological polar surface area (TPSA) is 83.8 Å². The zero-order valence-corrected chi connectivity index (χ0v) is 12.1. The van der Waals surface area contributed by atoms with Crippen LogP contribution in [-0.4, -0.2) is 21.3 Å². The molecule has 0 bridgehead atoms. The summed E-state index contributed by atoms with van der Waals surface area (Å²) in [4.78, 5) is 12.1. The second-order valence-corrected chi connectivity index (χ2v) is 5.56. The summed E-state index contributed by atoms with van der Waals surface area (Å²) in [5.41, 5.74) is 4.81. The fraction of sp³-hybridized carbons (Fsp3) is 0.312. The Morgan fingerprint density at radius 1 is 1.27 bits per heavy atom. The molecule has 0 fully saturated rings. The number of nitrogens with one attached hydrogen (secondary N) is 2. The number of H-pyrrole nitrogens is 1. The fourth-order valence-corrected chi connectivity index (χ4v) is 3.00. The number of fused-ring (bicyclic) bond motifs is 2. The molecule has 0 atom stereocenters. The van der Waals surface area contributed by atoms with E-state index in [0.717, 1.165) is 30.3 Å². The first kappa shape index (κ1) is 13.1. The first-order valence-electron chi connectivity index (χ1n) is 7.46. The Morgan fingerprint density at radius 3 is 3.14 bits per heavy atom. The van der Waals surface area contributed by atoms with E-state index in [0.29, 0.717) is 17.8 Å². The second kappa shape index (κ2) is 5.29. The van der Waals surface area contributed by atoms with E-state index >= 15 is 0 Å². The molecule has 1 aliphatic rings. The maximum Gasteiger partial charge on any atom is 0.226 e. The number of carbonyl (C=O) groups is 1. The molecular formula is C16H16N4O2. The van der Waals surface area contributed by atoms with Crippen molar-refractivity contribution in [3.8, 4) is 0 Å². The maximum atomic E-state index is 12.1. The third-order valence-corrected chi connectivity index (χ3v) is 4.13. The molecule has 112 valence electrons. The van der Waals surface area contributed by atoms with Crippen LogP contribution in [0.2, 0.25) is 0 Å². The van der Waals surface area contributed by atoms with Crippen LogP contribution in [0.5, 0.6) is 0 Å². The predicted octanol–water partition coefficient (Wildman–Crippen LogP) is 1.90. The molecule has 2 aromatic heterocycles. The minimum Gasteiger partial charge on any atom is -0.356 e. The van der Waals surface area contributed by atoms with E-state index in [1.54, 1.807) is 0 Å². The SMILES string of the molecule is O=C(Cc1noc2ccccc12)NCc1n[nH]c2c1CCC2. The summed E-state index contributed by atoms with van der Waals surface area (Å²) < 4.78 is 5.21. The van der Waals surface area contributed by atoms with Gasteiger partial charge in [-0.15, -0.1) is 0 Å². The number of amides is 1. The van der Waals surface area contributed by atoms with E-state index in [2.05, 4.69) is 20.7 Å². The predicted molar refractivity (Wildman–Crippen MR) is 80.2 cm³/mol. The van der Waals surface area contributed by atoms with Gasteiger partial charge >= 0.3 is 0 Å². The maximum absolute atomic E-state index is 12.1. The Balaban J connectivity index is 1.42. The number of para-hydroxylation sites is 1. The minimum atomic E-state index is -0.0752. The number of aromatic amines is 1. The number of carbonyl (C=O) groups excluding carboxylic acids is 1. The Kier molecular flexibility index (Phi) is 3.14. The van der Waals surface area contributed by atoms with E-state index in [4.69, 9.17) is 4.52 Å². The molecule has 0 saturated heterocycles. The Labute approximate surface area is 126 Å². The zero-order valence-electron chi connectivity index (χ0n) is 12.1. The Bertz CT molecular complexity index is 834. The number of benzene rings is 1. The molecule has 3 aromatic rings. The quantitative estimate of drug-likeness (QED) is 0.770. The van der Waals surface area contributed by atoms with Gasteiger partial charge < -0.3 is 9.84 Å². The lowest BCUT2D eigenvalue weighted by Crippen LogP contribution is -2.25. The molecule has 2 heterocycles. The Morgan fingerprint density at radius 2 is 2.18 bits per heavy atom. The minimum absolute atomic E-state index is 0.0752. The lowest BCUT2D eigenvalue weighted by Gasteiger charge is -2.03. The average Bonchev–Trinajstić information content (AvgIpc) is 3.22. The van der Waals surface area contributed by atoms with Crippen molar-refractivity contribution in [2.45, 2.75) is 32.2 Å². The first-order valence-corrected chi connectivity index (χ1v) is 7.46. The molecule has 0 spiro atoms. The molecule has 1 aliphatic carbocycles. The summed E-state index contributed by atoms with van der Waals surface area (Å²) in [6, 6.07) is 7.55. The van der Waals surface area contributed by atoms with Crippen LogP contribution in [0.25, 0.3) is 11.0 Å². The van der Waals surface area contributed by atoms with Crippen molar-refractivity contribution < 1.29 is 9.32 Å². The third-order valence-electron chi connectivity index (χ3n) is 4.13. The molecule has 0 saturated carbocycles. The van der Waals surface area contributed by atoms with Gasteiger partial charge in [0, 0.05) is 11.1 Å². The van der Waals surface area contributed by atoms with Crippen LogP contribution >= 0.6 is 0 Å². The van der Waals surface area contributed by atoms with Gasteiger partial charge in [-0.1, -0.05) is 17.3 Å². The summed E-state index contributed by atoms with van der Waals surface area (Å²) in [5, 5.41) is 15.1. The highest BCUT2D eigenvalue weighted by Crippen LogP contribution is 2.22. The van der Waals surface area contributed by atoms with Crippen molar-refractivity contribution in [2.75, 3.05) is 0 Å². The summed E-state index contributed by atoms with van der Waals surface area (Å²) >= 11 is 0. The van der Waals surface area contributed by atoms with E-state index in [-0.39, 0.29) is 12.3 Å². The third kappa shape index (κ3) is 2.26. The number of aryl methyl sites for hydroxylation is 1. The van der Waals surface area contributed by atoms with Gasteiger partial charge in [-0.3, -0.25) is 9.89 Å². The van der Waals surface area contributed by atoms with Crippen LogP contribution in [-0.2, 0) is 30.6 Å². The molecule has 1 amide bonds. The van der Waals surface area contributed by atoms with Gasteiger partial charge in [0.15, 0.2) is 5.58 Å². The van der Waals surface area contributed by atoms with Crippen LogP contribution in [0.4, 0.5) is 0 Å². The highest BCUT2D eigenvalue weighted by molar-refractivity contribution is 5.86. The van der Waals surface area contributed by atoms with E-state index in [1.807, 2.05) is 24.3 Å². The van der Waals surface area contributed by atoms with Gasteiger partial charge in [0.05, 0.1) is 18.7 Å². The van der Waals surface area contributed by atoms with Gasteiger partial charge in [0.1, 0.15) is 5.69 Å². The van der Waals surface area contributed by atoms with Crippen molar-refractivity contribution in [3.63, 3.8) is 0 Å². The summed E-state index contributed by atoms with van der Waals surface area (Å²) in [6.07, 6.45) is 3.48. The molecule has 0 unspecified atom stereocenters. The summed E-state index contributed by atoms with van der Waals surface area (Å²) in [5.74, 6) is -0.0752. The highest BCUT2D eigenvalue weighted by Gasteiger charge is 2.19. The molecule has 4 rings (SSSR count). The lowest BCUT2D eigenvalue weighted by molar-refractivity contribution is -0.120. The summed E-state index contributed by atoms with van der Waals surface area (Å²) in [7, 11) is 0. The van der Waals surface area contributed by atoms with E-state index < -0.39 is 0 Å². The van der Waals surface area contributed by atoms with Crippen molar-refractivity contribution in [2.24, 2.45) is 0 Å². The number of nitrogens with zero attached hydrogens (tertiary/aromatic N) is 2. The van der Waals surface area contributed by atoms with Crippen molar-refractivity contribution in [1.29, 1.82) is 0 Å². The largest absolute Gasteiger partial charge is 0.356 e. The first-order chi connectivity index (χ1) is 10.8. The second-order valence-electron chi connectivity index (χ2n) is 5.56. The van der Waals surface area contributed by atoms with Gasteiger partial charge in [0.2, 0.25) is 5.91 Å². The van der Waals surface area contributed by atoms with Crippen LogP contribution in [0.15, 0.2) is 28.8 Å². The van der Waals surface area contributed by atoms with Gasteiger partial charge in [-0.05, 0) is 37.0 Å². The molecule has 2 N–H and O–H groups in total. The van der Waals surface area contributed by atoms with Crippen LogP contribution in [0.1, 0.15) is 29.1 Å². The van der Waals surface area contributed by atoms with Crippen molar-refractivity contribution in [1.82, 2.24) is 20.7 Å². The van der Waals surface area contributed by atoms with E-state index in [1.165, 1.54) is 11.3 Å². The molecule has 22 heavy (non-hydrogen) atoms. The van der Waals surface area contributed by atoms with Crippen molar-refractivity contribution in [3.05, 3.63) is 46.9 Å². The fourth-order valence-electron chi connectivity index (χ4n) is 3.00. The monoisotopic (exact) mass is 296 g/mol. The van der Waals surface area contributed by atoms with E-state index in [9.17, 15) is 4.79 Å². The smallest absolute Gasteiger partial charge is 0.226 e. The summed E-state index contributed by atoms with van der Waals surface area (Å²) in [6.45, 7) is 0.459.